The van der Waals surface area contributed by atoms with Crippen LogP contribution in [0.25, 0.3) is 10.8 Å². The van der Waals surface area contributed by atoms with Gasteiger partial charge in [-0.25, -0.2) is 0 Å². The standard InChI is InChI=1S/C14H14BrN/c1-14(2)8-16-13-11(14)7-9-5-3-4-6-10(9)12(13)15/h3-7,16H,8H2,1-2H3. The number of halogens is 1. The number of nitrogens with one attached hydrogen (secondary N) is 1. The Hall–Kier alpha value is -1.02. The predicted molar refractivity (Wildman–Crippen MR) is 73.2 cm³/mol. The molecule has 1 aliphatic heterocycles. The van der Waals surface area contributed by atoms with Crippen molar-refractivity contribution in [1.29, 1.82) is 0 Å². The second-order valence-corrected chi connectivity index (χ2v) is 5.86. The number of hydrogen-bond donors (Lipinski definition) is 1. The lowest BCUT2D eigenvalue weighted by molar-refractivity contribution is 0.587. The van der Waals surface area contributed by atoms with Crippen LogP contribution in [0.1, 0.15) is 19.4 Å². The first-order valence-corrected chi connectivity index (χ1v) is 6.34. The predicted octanol–water partition coefficient (Wildman–Crippen LogP) is 4.31. The fourth-order valence-electron chi connectivity index (χ4n) is 2.41. The molecule has 0 saturated carbocycles. The van der Waals surface area contributed by atoms with Crippen LogP contribution in [0.2, 0.25) is 0 Å². The summed E-state index contributed by atoms with van der Waals surface area (Å²) in [5.41, 5.74) is 2.91. The van der Waals surface area contributed by atoms with E-state index in [0.29, 0.717) is 0 Å². The molecule has 0 bridgehead atoms. The fraction of sp³-hybridized carbons (Fsp3) is 0.286. The maximum Gasteiger partial charge on any atom is 0.0530 e. The molecule has 1 nitrogen and oxygen atoms in total. The van der Waals surface area contributed by atoms with E-state index < -0.39 is 0 Å². The lowest BCUT2D eigenvalue weighted by atomic mass is 9.86. The quantitative estimate of drug-likeness (QED) is 0.756. The molecular weight excluding hydrogens is 262 g/mol. The largest absolute Gasteiger partial charge is 0.383 e. The zero-order valence-electron chi connectivity index (χ0n) is 9.47. The summed E-state index contributed by atoms with van der Waals surface area (Å²) in [6.45, 7) is 5.58. The molecular formula is C14H14BrN. The van der Waals surface area contributed by atoms with Crippen molar-refractivity contribution < 1.29 is 0 Å². The summed E-state index contributed by atoms with van der Waals surface area (Å²) in [6.07, 6.45) is 0. The average molecular weight is 276 g/mol. The maximum atomic E-state index is 3.72. The van der Waals surface area contributed by atoms with Crippen molar-refractivity contribution in [2.24, 2.45) is 0 Å². The normalized spacial score (nSPS) is 17.2. The highest BCUT2D eigenvalue weighted by atomic mass is 79.9. The van der Waals surface area contributed by atoms with Crippen LogP contribution < -0.4 is 5.32 Å². The lowest BCUT2D eigenvalue weighted by Gasteiger charge is -2.17. The molecule has 0 aliphatic carbocycles. The van der Waals surface area contributed by atoms with E-state index in [9.17, 15) is 0 Å². The molecule has 0 saturated heterocycles. The highest BCUT2D eigenvalue weighted by molar-refractivity contribution is 9.10. The summed E-state index contributed by atoms with van der Waals surface area (Å²) in [5, 5.41) is 6.10. The van der Waals surface area contributed by atoms with Crippen LogP contribution in [-0.2, 0) is 5.41 Å². The lowest BCUT2D eigenvalue weighted by Crippen LogP contribution is -2.18. The van der Waals surface area contributed by atoms with Crippen LogP contribution in [0.4, 0.5) is 5.69 Å². The Balaban J connectivity index is 2.41. The molecule has 1 heterocycles. The van der Waals surface area contributed by atoms with Crippen LogP contribution in [0.5, 0.6) is 0 Å². The van der Waals surface area contributed by atoms with E-state index in [1.54, 1.807) is 0 Å². The van der Waals surface area contributed by atoms with Crippen molar-refractivity contribution in [3.63, 3.8) is 0 Å². The van der Waals surface area contributed by atoms with Gasteiger partial charge in [-0.05, 0) is 38.3 Å². The van der Waals surface area contributed by atoms with Crippen LogP contribution >= 0.6 is 15.9 Å². The first-order valence-electron chi connectivity index (χ1n) is 5.55. The van der Waals surface area contributed by atoms with Gasteiger partial charge in [0.2, 0.25) is 0 Å². The zero-order valence-corrected chi connectivity index (χ0v) is 11.1. The second kappa shape index (κ2) is 3.24. The summed E-state index contributed by atoms with van der Waals surface area (Å²) < 4.78 is 1.20. The molecule has 2 heteroatoms. The van der Waals surface area contributed by atoms with Crippen molar-refractivity contribution >= 4 is 32.4 Å². The van der Waals surface area contributed by atoms with Crippen LogP contribution in [0.3, 0.4) is 0 Å². The van der Waals surface area contributed by atoms with E-state index in [2.05, 4.69) is 65.4 Å². The molecule has 2 aromatic rings. The van der Waals surface area contributed by atoms with Gasteiger partial charge in [-0.15, -0.1) is 0 Å². The molecule has 0 fully saturated rings. The zero-order chi connectivity index (χ0) is 11.3. The van der Waals surface area contributed by atoms with E-state index in [1.165, 1.54) is 26.5 Å². The summed E-state index contributed by atoms with van der Waals surface area (Å²) in [7, 11) is 0. The fourth-order valence-corrected chi connectivity index (χ4v) is 3.13. The first kappa shape index (κ1) is 10.2. The molecule has 2 aromatic carbocycles. The smallest absolute Gasteiger partial charge is 0.0530 e. The van der Waals surface area contributed by atoms with Gasteiger partial charge in [-0.1, -0.05) is 38.1 Å². The SMILES string of the molecule is CC1(C)CNc2c1cc1ccccc1c2Br. The van der Waals surface area contributed by atoms with E-state index >= 15 is 0 Å². The Morgan fingerprint density at radius 3 is 2.81 bits per heavy atom. The minimum atomic E-state index is 0.224. The van der Waals surface area contributed by atoms with Gasteiger partial charge in [0.25, 0.3) is 0 Å². The third-order valence-corrected chi connectivity index (χ3v) is 4.25. The number of hydrogen-bond acceptors (Lipinski definition) is 1. The second-order valence-electron chi connectivity index (χ2n) is 5.07. The monoisotopic (exact) mass is 275 g/mol. The molecule has 0 radical (unpaired) electrons. The number of benzene rings is 2. The minimum absolute atomic E-state index is 0.224. The van der Waals surface area contributed by atoms with Crippen LogP contribution in [0, 0.1) is 0 Å². The Kier molecular flexibility index (Phi) is 2.05. The Morgan fingerprint density at radius 2 is 2.00 bits per heavy atom. The molecule has 1 N–H and O–H groups in total. The highest BCUT2D eigenvalue weighted by Crippen LogP contribution is 2.44. The molecule has 16 heavy (non-hydrogen) atoms. The van der Waals surface area contributed by atoms with E-state index in [-0.39, 0.29) is 5.41 Å². The molecule has 0 aromatic heterocycles. The molecule has 1 aliphatic rings. The number of rotatable bonds is 0. The van der Waals surface area contributed by atoms with Gasteiger partial charge < -0.3 is 5.32 Å². The van der Waals surface area contributed by atoms with Crippen molar-refractivity contribution in [2.45, 2.75) is 19.3 Å². The van der Waals surface area contributed by atoms with Gasteiger partial charge in [0.1, 0.15) is 0 Å². The molecule has 0 unspecified atom stereocenters. The first-order chi connectivity index (χ1) is 7.59. The van der Waals surface area contributed by atoms with Gasteiger partial charge in [0.05, 0.1) is 5.69 Å². The molecule has 82 valence electrons. The van der Waals surface area contributed by atoms with E-state index in [0.717, 1.165) is 6.54 Å². The van der Waals surface area contributed by atoms with Crippen molar-refractivity contribution in [1.82, 2.24) is 0 Å². The minimum Gasteiger partial charge on any atom is -0.383 e. The van der Waals surface area contributed by atoms with Gasteiger partial charge in [0.15, 0.2) is 0 Å². The molecule has 3 rings (SSSR count). The molecule has 0 spiro atoms. The Morgan fingerprint density at radius 1 is 1.25 bits per heavy atom. The van der Waals surface area contributed by atoms with Gasteiger partial charge in [-0.2, -0.15) is 0 Å². The Bertz CT molecular complexity index is 572. The van der Waals surface area contributed by atoms with Crippen LogP contribution in [-0.4, -0.2) is 6.54 Å². The number of fused-ring (bicyclic) bond motifs is 2. The van der Waals surface area contributed by atoms with Crippen molar-refractivity contribution in [3.05, 3.63) is 40.4 Å². The van der Waals surface area contributed by atoms with E-state index in [4.69, 9.17) is 0 Å². The Labute approximate surface area is 104 Å². The summed E-state index contributed by atoms with van der Waals surface area (Å²) in [5.74, 6) is 0. The highest BCUT2D eigenvalue weighted by Gasteiger charge is 2.31. The maximum absolute atomic E-state index is 3.72. The van der Waals surface area contributed by atoms with Gasteiger partial charge >= 0.3 is 0 Å². The van der Waals surface area contributed by atoms with Crippen molar-refractivity contribution in [2.75, 3.05) is 11.9 Å². The average Bonchev–Trinajstić information content (AvgIpc) is 2.56. The van der Waals surface area contributed by atoms with E-state index in [1.807, 2.05) is 0 Å². The molecule has 0 amide bonds. The molecule has 0 atom stereocenters. The third kappa shape index (κ3) is 1.29. The summed E-state index contributed by atoms with van der Waals surface area (Å²) in [4.78, 5) is 0. The van der Waals surface area contributed by atoms with Gasteiger partial charge in [0, 0.05) is 16.4 Å². The summed E-state index contributed by atoms with van der Waals surface area (Å²) >= 11 is 3.72. The van der Waals surface area contributed by atoms with Crippen LogP contribution in [0.15, 0.2) is 34.8 Å². The topological polar surface area (TPSA) is 12.0 Å². The van der Waals surface area contributed by atoms with Gasteiger partial charge in [-0.3, -0.25) is 0 Å². The van der Waals surface area contributed by atoms with Crippen molar-refractivity contribution in [3.8, 4) is 0 Å². The number of anilines is 1. The third-order valence-electron chi connectivity index (χ3n) is 3.42. The summed E-state index contributed by atoms with van der Waals surface area (Å²) in [6, 6.07) is 10.8.